The maximum Gasteiger partial charge on any atom is 0.280 e. The second kappa shape index (κ2) is 6.98. The van der Waals surface area contributed by atoms with E-state index in [9.17, 15) is 9.59 Å². The number of carbonyl (C=O) groups is 1. The van der Waals surface area contributed by atoms with Crippen molar-refractivity contribution in [1.29, 1.82) is 0 Å². The molecule has 140 valence electrons. The molecule has 1 aliphatic rings. The third kappa shape index (κ3) is 3.08. The summed E-state index contributed by atoms with van der Waals surface area (Å²) in [6.45, 7) is 3.54. The lowest BCUT2D eigenvalue weighted by Gasteiger charge is -2.11. The Labute approximate surface area is 166 Å². The molecule has 1 aromatic heterocycles. The summed E-state index contributed by atoms with van der Waals surface area (Å²) < 4.78 is 1.46. The van der Waals surface area contributed by atoms with Gasteiger partial charge in [-0.1, -0.05) is 35.9 Å². The lowest BCUT2D eigenvalue weighted by molar-refractivity contribution is -0.114. The van der Waals surface area contributed by atoms with Crippen molar-refractivity contribution in [2.24, 2.45) is 5.10 Å². The minimum atomic E-state index is -0.300. The zero-order valence-electron chi connectivity index (χ0n) is 15.3. The van der Waals surface area contributed by atoms with Crippen molar-refractivity contribution >= 4 is 35.0 Å². The van der Waals surface area contributed by atoms with Crippen LogP contribution in [0.15, 0.2) is 70.1 Å². The normalized spacial score (nSPS) is 15.4. The highest BCUT2D eigenvalue weighted by Crippen LogP contribution is 2.27. The minimum absolute atomic E-state index is 0.224. The molecular weight excluding hydrogens is 376 g/mol. The Hall–Kier alpha value is -3.38. The molecule has 0 aliphatic carbocycles. The number of aryl methyl sites for hydroxylation is 1. The molecule has 0 atom stereocenters. The van der Waals surface area contributed by atoms with Gasteiger partial charge in [-0.05, 0) is 50.3 Å². The standard InChI is InChI=1S/C21H17ClN4O2/c1-13-18(20(27)25(23-13)16-8-4-3-5-9-16)12-19-14(2)24-26(21(19)28)17-10-6-7-15(22)11-17/h3-12,23H,1-2H3. The molecule has 2 aromatic carbocycles. The van der Waals surface area contributed by atoms with Crippen molar-refractivity contribution < 1.29 is 4.79 Å². The van der Waals surface area contributed by atoms with Gasteiger partial charge in [-0.2, -0.15) is 10.1 Å². The number of aromatic nitrogens is 2. The first kappa shape index (κ1) is 18.0. The maximum absolute atomic E-state index is 12.9. The van der Waals surface area contributed by atoms with E-state index in [1.807, 2.05) is 30.3 Å². The molecule has 1 aliphatic heterocycles. The van der Waals surface area contributed by atoms with E-state index in [0.717, 1.165) is 5.69 Å². The molecule has 0 saturated carbocycles. The summed E-state index contributed by atoms with van der Waals surface area (Å²) in [4.78, 5) is 25.8. The monoisotopic (exact) mass is 392 g/mol. The summed E-state index contributed by atoms with van der Waals surface area (Å²) >= 11 is 6.03. The highest BCUT2D eigenvalue weighted by Gasteiger charge is 2.29. The molecule has 4 rings (SSSR count). The molecule has 0 fully saturated rings. The molecule has 3 aromatic rings. The number of hydrogen-bond acceptors (Lipinski definition) is 3. The van der Waals surface area contributed by atoms with E-state index in [-0.39, 0.29) is 11.5 Å². The van der Waals surface area contributed by atoms with Gasteiger partial charge in [0.25, 0.3) is 11.5 Å². The quantitative estimate of drug-likeness (QED) is 0.686. The van der Waals surface area contributed by atoms with Crippen LogP contribution in [-0.4, -0.2) is 21.4 Å². The number of H-pyrrole nitrogens is 1. The predicted octanol–water partition coefficient (Wildman–Crippen LogP) is 3.93. The van der Waals surface area contributed by atoms with E-state index in [0.29, 0.717) is 33.3 Å². The Kier molecular flexibility index (Phi) is 4.49. The van der Waals surface area contributed by atoms with Crippen molar-refractivity contribution in [3.05, 3.63) is 86.8 Å². The number of halogens is 1. The Morgan fingerprint density at radius 2 is 1.71 bits per heavy atom. The summed E-state index contributed by atoms with van der Waals surface area (Å²) in [6, 6.07) is 16.2. The van der Waals surface area contributed by atoms with Gasteiger partial charge in [-0.3, -0.25) is 14.7 Å². The SMILES string of the molecule is CC1=NN(c2cccc(Cl)c2)C(=O)C1=Cc1c(C)[nH]n(-c2ccccc2)c1=O. The van der Waals surface area contributed by atoms with E-state index in [4.69, 9.17) is 11.6 Å². The zero-order chi connectivity index (χ0) is 19.8. The number of hydrogen-bond donors (Lipinski definition) is 1. The minimum Gasteiger partial charge on any atom is -0.295 e. The van der Waals surface area contributed by atoms with Crippen LogP contribution < -0.4 is 10.6 Å². The number of benzene rings is 2. The van der Waals surface area contributed by atoms with Gasteiger partial charge in [0.1, 0.15) is 0 Å². The Morgan fingerprint density at radius 3 is 2.43 bits per heavy atom. The first-order valence-electron chi connectivity index (χ1n) is 8.70. The lowest BCUT2D eigenvalue weighted by Crippen LogP contribution is -2.22. The van der Waals surface area contributed by atoms with Crippen LogP contribution in [0.2, 0.25) is 5.02 Å². The van der Waals surface area contributed by atoms with Crippen molar-refractivity contribution in [2.75, 3.05) is 5.01 Å². The van der Waals surface area contributed by atoms with Crippen LogP contribution in [0.5, 0.6) is 0 Å². The lowest BCUT2D eigenvalue weighted by atomic mass is 10.1. The molecule has 0 bridgehead atoms. The van der Waals surface area contributed by atoms with E-state index in [2.05, 4.69) is 10.2 Å². The van der Waals surface area contributed by atoms with E-state index in [1.54, 1.807) is 44.2 Å². The molecule has 28 heavy (non-hydrogen) atoms. The second-order valence-electron chi connectivity index (χ2n) is 6.47. The second-order valence-corrected chi connectivity index (χ2v) is 6.90. The van der Waals surface area contributed by atoms with Crippen LogP contribution >= 0.6 is 11.6 Å². The maximum atomic E-state index is 12.9. The van der Waals surface area contributed by atoms with E-state index in [1.165, 1.54) is 9.69 Å². The summed E-state index contributed by atoms with van der Waals surface area (Å²) in [5.41, 5.74) is 3.09. The average molecular weight is 393 g/mol. The Bertz CT molecular complexity index is 1190. The van der Waals surface area contributed by atoms with Crippen LogP contribution in [0.1, 0.15) is 18.2 Å². The highest BCUT2D eigenvalue weighted by atomic mass is 35.5. The number of anilines is 1. The molecule has 0 unspecified atom stereocenters. The molecule has 2 heterocycles. The predicted molar refractivity (Wildman–Crippen MR) is 111 cm³/mol. The fourth-order valence-electron chi connectivity index (χ4n) is 3.10. The molecule has 0 radical (unpaired) electrons. The van der Waals surface area contributed by atoms with Gasteiger partial charge in [-0.25, -0.2) is 4.68 Å². The number of nitrogens with zero attached hydrogens (tertiary/aromatic N) is 3. The number of rotatable bonds is 3. The Morgan fingerprint density at radius 1 is 1.00 bits per heavy atom. The van der Waals surface area contributed by atoms with Crippen molar-refractivity contribution in [1.82, 2.24) is 9.78 Å². The molecule has 0 spiro atoms. The van der Waals surface area contributed by atoms with Gasteiger partial charge in [-0.15, -0.1) is 0 Å². The Balaban J connectivity index is 1.74. The van der Waals surface area contributed by atoms with Crippen LogP contribution in [-0.2, 0) is 4.79 Å². The van der Waals surface area contributed by atoms with Crippen molar-refractivity contribution in [3.8, 4) is 5.69 Å². The average Bonchev–Trinajstić information content (AvgIpc) is 3.13. The van der Waals surface area contributed by atoms with E-state index >= 15 is 0 Å². The number of amides is 1. The van der Waals surface area contributed by atoms with Crippen molar-refractivity contribution in [2.45, 2.75) is 13.8 Å². The van der Waals surface area contributed by atoms with Crippen LogP contribution in [0.3, 0.4) is 0 Å². The summed E-state index contributed by atoms with van der Waals surface area (Å²) in [6.07, 6.45) is 1.60. The van der Waals surface area contributed by atoms with Gasteiger partial charge in [0.05, 0.1) is 28.2 Å². The van der Waals surface area contributed by atoms with Gasteiger partial charge in [0.2, 0.25) is 0 Å². The first-order valence-corrected chi connectivity index (χ1v) is 9.08. The number of aromatic amines is 1. The third-order valence-electron chi connectivity index (χ3n) is 4.54. The molecule has 1 N–H and O–H groups in total. The fourth-order valence-corrected chi connectivity index (χ4v) is 3.28. The van der Waals surface area contributed by atoms with Crippen LogP contribution in [0.4, 0.5) is 5.69 Å². The fraction of sp³-hybridized carbons (Fsp3) is 0.0952. The summed E-state index contributed by atoms with van der Waals surface area (Å²) in [7, 11) is 0. The number of nitrogens with one attached hydrogen (secondary N) is 1. The van der Waals surface area contributed by atoms with E-state index < -0.39 is 0 Å². The molecule has 0 saturated heterocycles. The number of hydrazone groups is 1. The van der Waals surface area contributed by atoms with Gasteiger partial charge in [0, 0.05) is 10.7 Å². The van der Waals surface area contributed by atoms with Crippen molar-refractivity contribution in [3.63, 3.8) is 0 Å². The number of carbonyl (C=O) groups excluding carboxylic acids is 1. The molecule has 6 nitrogen and oxygen atoms in total. The summed E-state index contributed by atoms with van der Waals surface area (Å²) in [5.74, 6) is -0.300. The highest BCUT2D eigenvalue weighted by molar-refractivity contribution is 6.33. The molecule has 7 heteroatoms. The van der Waals surface area contributed by atoms with Crippen LogP contribution in [0.25, 0.3) is 11.8 Å². The first-order chi connectivity index (χ1) is 13.5. The topological polar surface area (TPSA) is 70.5 Å². The number of para-hydroxylation sites is 1. The third-order valence-corrected chi connectivity index (χ3v) is 4.77. The zero-order valence-corrected chi connectivity index (χ0v) is 16.1. The largest absolute Gasteiger partial charge is 0.295 e. The molecule has 1 amide bonds. The summed E-state index contributed by atoms with van der Waals surface area (Å²) in [5, 5.41) is 9.21. The van der Waals surface area contributed by atoms with Gasteiger partial charge < -0.3 is 0 Å². The van der Waals surface area contributed by atoms with Gasteiger partial charge in [0.15, 0.2) is 0 Å². The van der Waals surface area contributed by atoms with Crippen LogP contribution in [0, 0.1) is 6.92 Å². The smallest absolute Gasteiger partial charge is 0.280 e. The van der Waals surface area contributed by atoms with Gasteiger partial charge >= 0.3 is 0 Å². The molecular formula is C21H17ClN4O2.